The summed E-state index contributed by atoms with van der Waals surface area (Å²) < 4.78 is 33.7. The van der Waals surface area contributed by atoms with Gasteiger partial charge in [-0.1, -0.05) is 0 Å². The molecule has 1 fully saturated rings. The third kappa shape index (κ3) is 5.52. The minimum atomic E-state index is -4.31. The lowest BCUT2D eigenvalue weighted by molar-refractivity contribution is 0.115. The average molecular weight is 322 g/mol. The zero-order valence-corrected chi connectivity index (χ0v) is 12.1. The Labute approximate surface area is 111 Å². The molecule has 18 heavy (non-hydrogen) atoms. The van der Waals surface area contributed by atoms with Gasteiger partial charge >= 0.3 is 7.60 Å². The molecule has 2 unspecified atom stereocenters. The summed E-state index contributed by atoms with van der Waals surface area (Å²) in [6.07, 6.45) is -1.19. The molecule has 0 aromatic heterocycles. The number of rotatable bonds is 6. The second-order valence-electron chi connectivity index (χ2n) is 4.44. The minimum Gasteiger partial charge on any atom is -0.391 e. The lowest BCUT2D eigenvalue weighted by Gasteiger charge is -2.29. The molecule has 0 bridgehead atoms. The highest BCUT2D eigenvalue weighted by molar-refractivity contribution is 7.91. The number of nitrogens with zero attached hydrogens (tertiary/aromatic N) is 1. The van der Waals surface area contributed by atoms with Crippen LogP contribution in [0, 0.1) is 0 Å². The van der Waals surface area contributed by atoms with E-state index in [-0.39, 0.29) is 23.9 Å². The normalized spacial score (nSPS) is 25.5. The van der Waals surface area contributed by atoms with Crippen LogP contribution in [0.5, 0.6) is 0 Å². The van der Waals surface area contributed by atoms with Crippen LogP contribution in [0.15, 0.2) is 0 Å². The van der Waals surface area contributed by atoms with Crippen molar-refractivity contribution >= 4 is 29.0 Å². The first-order valence-electron chi connectivity index (χ1n) is 5.36. The molecule has 0 amide bonds. The van der Waals surface area contributed by atoms with Crippen molar-refractivity contribution in [3.63, 3.8) is 0 Å². The molecule has 10 heteroatoms. The van der Waals surface area contributed by atoms with E-state index in [0.29, 0.717) is 6.42 Å². The van der Waals surface area contributed by atoms with Gasteiger partial charge in [0.25, 0.3) is 0 Å². The SMILES string of the molecule is O=P(O)(O)CN(CC(O)CCl)C1CCS(=O)(=O)C1. The predicted octanol–water partition coefficient (Wildman–Crippen LogP) is -0.790. The van der Waals surface area contributed by atoms with Crippen LogP contribution in [0.2, 0.25) is 0 Å². The third-order valence-corrected chi connectivity index (χ3v) is 5.55. The van der Waals surface area contributed by atoms with Crippen LogP contribution in [-0.4, -0.2) is 70.6 Å². The molecular formula is C8H17ClNO6PS. The summed E-state index contributed by atoms with van der Waals surface area (Å²) in [5.74, 6) is -0.203. The van der Waals surface area contributed by atoms with Gasteiger partial charge in [0.05, 0.1) is 17.6 Å². The highest BCUT2D eigenvalue weighted by Crippen LogP contribution is 2.37. The van der Waals surface area contributed by atoms with Gasteiger partial charge in [-0.05, 0) is 6.42 Å². The molecule has 0 spiro atoms. The Morgan fingerprint density at radius 3 is 2.44 bits per heavy atom. The van der Waals surface area contributed by atoms with E-state index < -0.39 is 35.9 Å². The summed E-state index contributed by atoms with van der Waals surface area (Å²) in [6.45, 7) is -0.0468. The summed E-state index contributed by atoms with van der Waals surface area (Å²) >= 11 is 5.44. The first-order chi connectivity index (χ1) is 8.13. The molecule has 7 nitrogen and oxygen atoms in total. The molecule has 0 aromatic rings. The van der Waals surface area contributed by atoms with Crippen molar-refractivity contribution in [3.8, 4) is 0 Å². The monoisotopic (exact) mass is 321 g/mol. The third-order valence-electron chi connectivity index (χ3n) is 2.71. The number of sulfone groups is 1. The fourth-order valence-electron chi connectivity index (χ4n) is 1.94. The average Bonchev–Trinajstić information content (AvgIpc) is 2.55. The van der Waals surface area contributed by atoms with Gasteiger partial charge in [-0.25, -0.2) is 8.42 Å². The molecule has 3 N–H and O–H groups in total. The number of halogens is 1. The quantitative estimate of drug-likeness (QED) is 0.434. The van der Waals surface area contributed by atoms with Crippen molar-refractivity contribution in [3.05, 3.63) is 0 Å². The maximum absolute atomic E-state index is 11.4. The molecule has 0 aliphatic carbocycles. The van der Waals surface area contributed by atoms with Crippen LogP contribution in [0.4, 0.5) is 0 Å². The van der Waals surface area contributed by atoms with E-state index in [1.54, 1.807) is 0 Å². The number of aliphatic hydroxyl groups is 1. The lowest BCUT2D eigenvalue weighted by atomic mass is 10.2. The molecule has 1 aliphatic heterocycles. The van der Waals surface area contributed by atoms with E-state index in [1.165, 1.54) is 4.90 Å². The summed E-state index contributed by atoms with van der Waals surface area (Å²) in [5, 5.41) is 9.44. The zero-order valence-electron chi connectivity index (χ0n) is 9.64. The number of aliphatic hydroxyl groups excluding tert-OH is 1. The Morgan fingerprint density at radius 2 is 2.06 bits per heavy atom. The van der Waals surface area contributed by atoms with Crippen molar-refractivity contribution in [1.82, 2.24) is 4.90 Å². The lowest BCUT2D eigenvalue weighted by Crippen LogP contribution is -2.42. The smallest absolute Gasteiger partial charge is 0.339 e. The van der Waals surface area contributed by atoms with Crippen molar-refractivity contribution in [2.45, 2.75) is 18.6 Å². The van der Waals surface area contributed by atoms with E-state index in [9.17, 15) is 18.1 Å². The van der Waals surface area contributed by atoms with Crippen molar-refractivity contribution in [2.75, 3.05) is 30.2 Å². The summed E-state index contributed by atoms with van der Waals surface area (Å²) in [6, 6.07) is -0.472. The van der Waals surface area contributed by atoms with Crippen molar-refractivity contribution in [1.29, 1.82) is 0 Å². The Morgan fingerprint density at radius 1 is 1.44 bits per heavy atom. The van der Waals surface area contributed by atoms with E-state index >= 15 is 0 Å². The van der Waals surface area contributed by atoms with Gasteiger partial charge in [-0.2, -0.15) is 0 Å². The number of hydrogen-bond acceptors (Lipinski definition) is 5. The maximum atomic E-state index is 11.4. The van der Waals surface area contributed by atoms with Gasteiger partial charge in [-0.15, -0.1) is 11.6 Å². The number of hydrogen-bond donors (Lipinski definition) is 3. The molecule has 1 saturated heterocycles. The fraction of sp³-hybridized carbons (Fsp3) is 1.00. The highest BCUT2D eigenvalue weighted by atomic mass is 35.5. The van der Waals surface area contributed by atoms with Gasteiger partial charge in [0.1, 0.15) is 6.29 Å². The first kappa shape index (κ1) is 16.4. The largest absolute Gasteiger partial charge is 0.391 e. The van der Waals surface area contributed by atoms with Gasteiger partial charge in [0.2, 0.25) is 0 Å². The molecule has 0 radical (unpaired) electrons. The zero-order chi connectivity index (χ0) is 14.0. The maximum Gasteiger partial charge on any atom is 0.339 e. The van der Waals surface area contributed by atoms with Crippen LogP contribution in [0.1, 0.15) is 6.42 Å². The van der Waals surface area contributed by atoms with Gasteiger partial charge in [0.15, 0.2) is 9.84 Å². The van der Waals surface area contributed by atoms with Gasteiger partial charge in [-0.3, -0.25) is 9.46 Å². The first-order valence-corrected chi connectivity index (χ1v) is 9.51. The van der Waals surface area contributed by atoms with Gasteiger partial charge in [0, 0.05) is 18.5 Å². The molecule has 2 atom stereocenters. The second-order valence-corrected chi connectivity index (χ2v) is 8.59. The molecule has 1 heterocycles. The van der Waals surface area contributed by atoms with Crippen molar-refractivity contribution < 1.29 is 27.9 Å². The molecule has 1 aliphatic rings. The Hall–Kier alpha value is 0.310. The topological polar surface area (TPSA) is 115 Å². The molecule has 0 saturated carbocycles. The van der Waals surface area contributed by atoms with Crippen LogP contribution in [0.3, 0.4) is 0 Å². The van der Waals surface area contributed by atoms with Crippen LogP contribution < -0.4 is 0 Å². The molecule has 108 valence electrons. The molecular weight excluding hydrogens is 305 g/mol. The fourth-order valence-corrected chi connectivity index (χ4v) is 4.62. The molecule has 1 rings (SSSR count). The van der Waals surface area contributed by atoms with Crippen LogP contribution in [0.25, 0.3) is 0 Å². The summed E-state index contributed by atoms with van der Waals surface area (Å²) in [5.41, 5.74) is 0. The van der Waals surface area contributed by atoms with E-state index in [2.05, 4.69) is 0 Å². The van der Waals surface area contributed by atoms with Crippen LogP contribution >= 0.6 is 19.2 Å². The van der Waals surface area contributed by atoms with E-state index in [0.717, 1.165) is 0 Å². The summed E-state index contributed by atoms with van der Waals surface area (Å²) in [7, 11) is -7.45. The Balaban J connectivity index is 2.74. The van der Waals surface area contributed by atoms with Gasteiger partial charge < -0.3 is 14.9 Å². The number of alkyl halides is 1. The van der Waals surface area contributed by atoms with E-state index in [4.69, 9.17) is 21.4 Å². The minimum absolute atomic E-state index is 0.00625. The standard InChI is InChI=1S/C8H17ClNO6PS/c9-3-8(11)4-10(6-17(12,13)14)7-1-2-18(15,16)5-7/h7-8,11H,1-6H2,(H2,12,13,14). The molecule has 0 aromatic carbocycles. The summed E-state index contributed by atoms with van der Waals surface area (Å²) in [4.78, 5) is 19.3. The highest BCUT2D eigenvalue weighted by Gasteiger charge is 2.35. The Kier molecular flexibility index (Phi) is 5.61. The van der Waals surface area contributed by atoms with Crippen LogP contribution in [-0.2, 0) is 14.4 Å². The predicted molar refractivity (Wildman–Crippen MR) is 67.4 cm³/mol. The van der Waals surface area contributed by atoms with E-state index in [1.807, 2.05) is 0 Å². The second kappa shape index (κ2) is 6.17. The Bertz CT molecular complexity index is 423. The van der Waals surface area contributed by atoms with Crippen molar-refractivity contribution in [2.24, 2.45) is 0 Å².